The third-order valence-electron chi connectivity index (χ3n) is 8.56. The van der Waals surface area contributed by atoms with Gasteiger partial charge in [0.15, 0.2) is 0 Å². The van der Waals surface area contributed by atoms with Gasteiger partial charge in [-0.3, -0.25) is 4.79 Å². The van der Waals surface area contributed by atoms with E-state index in [1.54, 1.807) is 0 Å². The summed E-state index contributed by atoms with van der Waals surface area (Å²) in [6.07, 6.45) is 4.19. The smallest absolute Gasteiger partial charge is 0.406 e. The van der Waals surface area contributed by atoms with E-state index < -0.39 is 6.09 Å². The Morgan fingerprint density at radius 3 is 2.27 bits per heavy atom. The summed E-state index contributed by atoms with van der Waals surface area (Å²) in [5, 5.41) is 13.3. The van der Waals surface area contributed by atoms with Gasteiger partial charge in [0.25, 0.3) is 0 Å². The molecule has 0 aromatic heterocycles. The second kappa shape index (κ2) is 7.56. The minimum Gasteiger partial charge on any atom is -0.453 e. The predicted molar refractivity (Wildman–Crippen MR) is 112 cm³/mol. The average Bonchev–Trinajstić information content (AvgIpc) is 2.71. The fraction of sp³-hybridized carbons (Fsp3) is 0.667. The van der Waals surface area contributed by atoms with Crippen LogP contribution in [-0.2, 0) is 14.9 Å². The Bertz CT molecular complexity index is 775. The molecule has 0 radical (unpaired) electrons. The Kier molecular flexibility index (Phi) is 5.00. The number of aliphatic hydroxyl groups excluding tert-OH is 1. The number of carbonyl (C=O) groups is 2. The molecule has 30 heavy (non-hydrogen) atoms. The zero-order chi connectivity index (χ0) is 20.9. The first-order valence-corrected chi connectivity index (χ1v) is 11.3. The van der Waals surface area contributed by atoms with Gasteiger partial charge in [0.05, 0.1) is 13.2 Å². The number of nitrogens with one attached hydrogen (secondary N) is 1. The van der Waals surface area contributed by atoms with Crippen molar-refractivity contribution in [3.05, 3.63) is 35.9 Å². The Morgan fingerprint density at radius 2 is 1.70 bits per heavy atom. The highest BCUT2D eigenvalue weighted by molar-refractivity contribution is 5.79. The first-order chi connectivity index (χ1) is 14.5. The molecule has 2 N–H and O–H groups in total. The van der Waals surface area contributed by atoms with Crippen molar-refractivity contribution in [2.75, 3.05) is 26.7 Å². The third-order valence-corrected chi connectivity index (χ3v) is 8.56. The van der Waals surface area contributed by atoms with Crippen LogP contribution in [0.1, 0.15) is 37.7 Å². The highest BCUT2D eigenvalue weighted by Gasteiger charge is 2.61. The van der Waals surface area contributed by atoms with Crippen molar-refractivity contribution in [2.24, 2.45) is 29.6 Å². The van der Waals surface area contributed by atoms with Crippen molar-refractivity contribution in [1.82, 2.24) is 10.2 Å². The normalized spacial score (nSPS) is 37.0. The predicted octanol–water partition coefficient (Wildman–Crippen LogP) is 2.56. The molecule has 1 aromatic carbocycles. The molecule has 4 bridgehead atoms. The number of benzene rings is 1. The Balaban J connectivity index is 1.32. The van der Waals surface area contributed by atoms with Crippen LogP contribution in [0.25, 0.3) is 0 Å². The SMILES string of the molecule is COC(=O)NCC1CN(C(=O)CC2(c3ccccc3)C3CC4CC2CC(C3)C4O)C1. The molecule has 4 aliphatic carbocycles. The van der Waals surface area contributed by atoms with Crippen LogP contribution in [0.2, 0.25) is 0 Å². The van der Waals surface area contributed by atoms with E-state index in [-0.39, 0.29) is 17.4 Å². The quantitative estimate of drug-likeness (QED) is 0.779. The lowest BCUT2D eigenvalue weighted by atomic mass is 9.42. The molecule has 6 heteroatoms. The maximum atomic E-state index is 13.4. The molecule has 1 aliphatic heterocycles. The summed E-state index contributed by atoms with van der Waals surface area (Å²) in [6.45, 7) is 1.95. The lowest BCUT2D eigenvalue weighted by Crippen LogP contribution is -2.62. The molecule has 0 unspecified atom stereocenters. The summed E-state index contributed by atoms with van der Waals surface area (Å²) in [6, 6.07) is 10.7. The topological polar surface area (TPSA) is 78.9 Å². The standard InChI is InChI=1S/C24H32N2O4/c1-30-23(29)25-12-15-13-26(14-15)21(27)11-24(18-5-3-2-4-6-18)19-7-16-8-20(24)10-17(9-19)22(16)28/h2-6,15-17,19-20,22,28H,7-14H2,1H3,(H,25,29). The summed E-state index contributed by atoms with van der Waals surface area (Å²) in [7, 11) is 1.36. The van der Waals surface area contributed by atoms with Crippen LogP contribution < -0.4 is 5.32 Å². The van der Waals surface area contributed by atoms with Gasteiger partial charge in [-0.25, -0.2) is 4.79 Å². The van der Waals surface area contributed by atoms with Gasteiger partial charge in [0.1, 0.15) is 0 Å². The van der Waals surface area contributed by atoms with Gasteiger partial charge in [-0.05, 0) is 54.9 Å². The van der Waals surface area contributed by atoms with Crippen molar-refractivity contribution in [3.63, 3.8) is 0 Å². The Labute approximate surface area is 178 Å². The number of aliphatic hydroxyl groups is 1. The number of hydrogen-bond donors (Lipinski definition) is 2. The van der Waals surface area contributed by atoms with Crippen molar-refractivity contribution >= 4 is 12.0 Å². The highest BCUT2D eigenvalue weighted by atomic mass is 16.5. The van der Waals surface area contributed by atoms with Gasteiger partial charge in [0.2, 0.25) is 5.91 Å². The fourth-order valence-electron chi connectivity index (χ4n) is 7.14. The molecule has 1 heterocycles. The van der Waals surface area contributed by atoms with Crippen molar-refractivity contribution in [2.45, 2.75) is 43.6 Å². The summed E-state index contributed by atoms with van der Waals surface area (Å²) >= 11 is 0. The Morgan fingerprint density at radius 1 is 1.10 bits per heavy atom. The van der Waals surface area contributed by atoms with E-state index in [2.05, 4.69) is 34.3 Å². The molecule has 162 valence electrons. The largest absolute Gasteiger partial charge is 0.453 e. The fourth-order valence-corrected chi connectivity index (χ4v) is 7.14. The van der Waals surface area contributed by atoms with E-state index in [4.69, 9.17) is 0 Å². The molecule has 1 saturated heterocycles. The first-order valence-electron chi connectivity index (χ1n) is 11.3. The molecule has 0 spiro atoms. The number of methoxy groups -OCH3 is 1. The molecule has 5 aliphatic rings. The zero-order valence-electron chi connectivity index (χ0n) is 17.6. The summed E-state index contributed by atoms with van der Waals surface area (Å²) in [5.74, 6) is 2.32. The molecule has 6 rings (SSSR count). The third kappa shape index (κ3) is 3.11. The van der Waals surface area contributed by atoms with E-state index in [0.717, 1.165) is 25.7 Å². The van der Waals surface area contributed by atoms with E-state index in [1.165, 1.54) is 12.7 Å². The van der Waals surface area contributed by atoms with E-state index in [0.29, 0.717) is 55.6 Å². The molecular formula is C24H32N2O4. The van der Waals surface area contributed by atoms with E-state index in [1.807, 2.05) is 11.0 Å². The highest BCUT2D eigenvalue weighted by Crippen LogP contribution is 2.64. The molecule has 1 aromatic rings. The van der Waals surface area contributed by atoms with Gasteiger partial charge in [-0.1, -0.05) is 30.3 Å². The van der Waals surface area contributed by atoms with Crippen LogP contribution in [0.15, 0.2) is 30.3 Å². The van der Waals surface area contributed by atoms with Crippen LogP contribution in [0.3, 0.4) is 0 Å². The Hall–Kier alpha value is -2.08. The van der Waals surface area contributed by atoms with Crippen LogP contribution in [-0.4, -0.2) is 54.9 Å². The molecule has 6 nitrogen and oxygen atoms in total. The van der Waals surface area contributed by atoms with Crippen LogP contribution in [0.5, 0.6) is 0 Å². The summed E-state index contributed by atoms with van der Waals surface area (Å²) < 4.78 is 4.62. The number of carbonyl (C=O) groups excluding carboxylic acids is 2. The minimum absolute atomic E-state index is 0.0964. The molecule has 2 amide bonds. The van der Waals surface area contributed by atoms with Gasteiger partial charge in [0, 0.05) is 37.4 Å². The summed E-state index contributed by atoms with van der Waals surface area (Å²) in [4.78, 5) is 26.6. The summed E-state index contributed by atoms with van der Waals surface area (Å²) in [5.41, 5.74) is 1.21. The van der Waals surface area contributed by atoms with Crippen LogP contribution in [0, 0.1) is 29.6 Å². The lowest BCUT2D eigenvalue weighted by molar-refractivity contribution is -0.156. The maximum Gasteiger partial charge on any atom is 0.406 e. The zero-order valence-corrected chi connectivity index (χ0v) is 17.6. The van der Waals surface area contributed by atoms with Gasteiger partial charge in [-0.2, -0.15) is 0 Å². The van der Waals surface area contributed by atoms with Gasteiger partial charge in [-0.15, -0.1) is 0 Å². The number of hydrogen-bond acceptors (Lipinski definition) is 4. The number of nitrogens with zero attached hydrogens (tertiary/aromatic N) is 1. The van der Waals surface area contributed by atoms with E-state index in [9.17, 15) is 14.7 Å². The van der Waals surface area contributed by atoms with Crippen molar-refractivity contribution in [3.8, 4) is 0 Å². The monoisotopic (exact) mass is 412 g/mol. The molecular weight excluding hydrogens is 380 g/mol. The number of ether oxygens (including phenoxy) is 1. The minimum atomic E-state index is -0.418. The average molecular weight is 413 g/mol. The second-order valence-electron chi connectivity index (χ2n) is 9.97. The maximum absolute atomic E-state index is 13.4. The van der Waals surface area contributed by atoms with E-state index >= 15 is 0 Å². The lowest BCUT2D eigenvalue weighted by Gasteiger charge is -2.63. The van der Waals surface area contributed by atoms with Crippen molar-refractivity contribution in [1.29, 1.82) is 0 Å². The number of likely N-dealkylation sites (tertiary alicyclic amines) is 1. The first kappa shape index (κ1) is 19.9. The van der Waals surface area contributed by atoms with Crippen LogP contribution >= 0.6 is 0 Å². The van der Waals surface area contributed by atoms with Gasteiger partial charge < -0.3 is 20.1 Å². The van der Waals surface area contributed by atoms with Gasteiger partial charge >= 0.3 is 6.09 Å². The molecule has 5 fully saturated rings. The number of alkyl carbamates (subject to hydrolysis) is 1. The second-order valence-corrected chi connectivity index (χ2v) is 9.97. The van der Waals surface area contributed by atoms with Crippen LogP contribution in [0.4, 0.5) is 4.79 Å². The number of rotatable bonds is 5. The van der Waals surface area contributed by atoms with Crippen molar-refractivity contribution < 1.29 is 19.4 Å². The molecule has 0 atom stereocenters. The number of amides is 2. The molecule has 4 saturated carbocycles.